The van der Waals surface area contributed by atoms with Crippen LogP contribution < -0.4 is 0 Å². The summed E-state index contributed by atoms with van der Waals surface area (Å²) >= 11 is 0. The minimum Gasteiger partial charge on any atom is -0.368 e. The van der Waals surface area contributed by atoms with Crippen molar-refractivity contribution in [2.75, 3.05) is 13.2 Å². The van der Waals surface area contributed by atoms with Crippen molar-refractivity contribution in [3.63, 3.8) is 0 Å². The second-order valence-electron chi connectivity index (χ2n) is 8.86. The van der Waals surface area contributed by atoms with Crippen molar-refractivity contribution in [1.29, 1.82) is 0 Å². The predicted molar refractivity (Wildman–Crippen MR) is 135 cm³/mol. The number of hydrogen-bond donors (Lipinski definition) is 0. The molecule has 5 rings (SSSR count). The van der Waals surface area contributed by atoms with E-state index in [4.69, 9.17) is 28.4 Å². The fourth-order valence-corrected chi connectivity index (χ4v) is 4.52. The average molecular weight is 489 g/mol. The minimum absolute atomic E-state index is 0.326. The first kappa shape index (κ1) is 24.8. The lowest BCUT2D eigenvalue weighted by atomic mass is 9.97. The quantitative estimate of drug-likeness (QED) is 0.366. The average Bonchev–Trinajstić information content (AvgIpc) is 2.95. The van der Waals surface area contributed by atoms with Crippen LogP contribution in [-0.2, 0) is 41.6 Å². The number of hydrogen-bond acceptors (Lipinski definition) is 6. The zero-order valence-corrected chi connectivity index (χ0v) is 20.2. The molecule has 0 radical (unpaired) electrons. The molecule has 0 aliphatic carbocycles. The summed E-state index contributed by atoms with van der Waals surface area (Å²) in [6, 6.07) is 30.0. The topological polar surface area (TPSA) is 55.4 Å². The summed E-state index contributed by atoms with van der Waals surface area (Å²) < 4.78 is 37.9. The standard InChI is InChI=1S/C30H32O6/c1-2-18-31-30-28(33-20-23-14-8-4-9-15-23)27(32-19-22-12-6-3-7-13-22)26-25(35-30)21-34-29(36-26)24-16-10-5-11-17-24/h2-17,25-30H,1,18-21H2/t25-,26-,27+,28-,29-,30+/m1/s1. The number of fused-ring (bicyclic) bond motifs is 1. The maximum Gasteiger partial charge on any atom is 0.187 e. The molecule has 2 saturated heterocycles. The van der Waals surface area contributed by atoms with Crippen LogP contribution in [0.2, 0.25) is 0 Å². The maximum absolute atomic E-state index is 6.54. The Labute approximate surface area is 212 Å². The molecule has 2 fully saturated rings. The molecule has 6 heteroatoms. The predicted octanol–water partition coefficient (Wildman–Crippen LogP) is 5.20. The Morgan fingerprint density at radius 3 is 1.92 bits per heavy atom. The Morgan fingerprint density at radius 1 is 0.722 bits per heavy atom. The van der Waals surface area contributed by atoms with Gasteiger partial charge >= 0.3 is 0 Å². The normalized spacial score (nSPS) is 27.8. The Bertz CT molecular complexity index is 1060. The fraction of sp³-hybridized carbons (Fsp3) is 0.333. The van der Waals surface area contributed by atoms with E-state index in [0.717, 1.165) is 16.7 Å². The zero-order valence-electron chi connectivity index (χ0n) is 20.2. The molecule has 2 heterocycles. The summed E-state index contributed by atoms with van der Waals surface area (Å²) in [7, 11) is 0. The van der Waals surface area contributed by atoms with Crippen LogP contribution in [0, 0.1) is 0 Å². The van der Waals surface area contributed by atoms with Gasteiger partial charge in [-0.3, -0.25) is 0 Å². The van der Waals surface area contributed by atoms with Gasteiger partial charge in [-0.15, -0.1) is 6.58 Å². The first-order chi connectivity index (χ1) is 17.8. The van der Waals surface area contributed by atoms with E-state index >= 15 is 0 Å². The number of rotatable bonds is 10. The van der Waals surface area contributed by atoms with Gasteiger partial charge in [0.25, 0.3) is 0 Å². The molecule has 0 saturated carbocycles. The summed E-state index contributed by atoms with van der Waals surface area (Å²) in [6.45, 7) is 5.27. The summed E-state index contributed by atoms with van der Waals surface area (Å²) in [5, 5.41) is 0. The van der Waals surface area contributed by atoms with Crippen LogP contribution in [0.15, 0.2) is 104 Å². The van der Waals surface area contributed by atoms with Crippen LogP contribution >= 0.6 is 0 Å². The van der Waals surface area contributed by atoms with Crippen molar-refractivity contribution in [3.8, 4) is 0 Å². The van der Waals surface area contributed by atoms with E-state index in [-0.39, 0.29) is 6.10 Å². The molecular formula is C30H32O6. The Balaban J connectivity index is 1.40. The lowest BCUT2D eigenvalue weighted by molar-refractivity contribution is -0.371. The molecule has 188 valence electrons. The lowest BCUT2D eigenvalue weighted by Crippen LogP contribution is -2.63. The van der Waals surface area contributed by atoms with Gasteiger partial charge in [-0.25, -0.2) is 0 Å². The molecule has 0 amide bonds. The maximum atomic E-state index is 6.54. The summed E-state index contributed by atoms with van der Waals surface area (Å²) in [5.74, 6) is 0. The molecule has 2 aliphatic rings. The second kappa shape index (κ2) is 12.4. The van der Waals surface area contributed by atoms with Crippen molar-refractivity contribution >= 4 is 0 Å². The highest BCUT2D eigenvalue weighted by Gasteiger charge is 2.51. The van der Waals surface area contributed by atoms with Crippen LogP contribution in [0.4, 0.5) is 0 Å². The van der Waals surface area contributed by atoms with Gasteiger partial charge < -0.3 is 28.4 Å². The van der Waals surface area contributed by atoms with Gasteiger partial charge in [-0.2, -0.15) is 0 Å². The zero-order chi connectivity index (χ0) is 24.6. The van der Waals surface area contributed by atoms with E-state index in [1.54, 1.807) is 6.08 Å². The molecule has 0 N–H and O–H groups in total. The van der Waals surface area contributed by atoms with Crippen molar-refractivity contribution in [2.24, 2.45) is 0 Å². The van der Waals surface area contributed by atoms with Crippen molar-refractivity contribution in [1.82, 2.24) is 0 Å². The van der Waals surface area contributed by atoms with E-state index in [0.29, 0.717) is 26.4 Å². The molecule has 0 unspecified atom stereocenters. The molecule has 0 aromatic heterocycles. The van der Waals surface area contributed by atoms with Gasteiger partial charge in [0.15, 0.2) is 12.6 Å². The number of benzene rings is 3. The van der Waals surface area contributed by atoms with Gasteiger partial charge in [0.1, 0.15) is 24.4 Å². The molecule has 3 aromatic rings. The molecule has 36 heavy (non-hydrogen) atoms. The molecule has 6 atom stereocenters. The van der Waals surface area contributed by atoms with Gasteiger partial charge in [-0.05, 0) is 11.1 Å². The molecule has 2 aliphatic heterocycles. The fourth-order valence-electron chi connectivity index (χ4n) is 4.52. The third-order valence-electron chi connectivity index (χ3n) is 6.30. The number of ether oxygens (including phenoxy) is 6. The molecule has 0 bridgehead atoms. The molecule has 0 spiro atoms. The first-order valence-electron chi connectivity index (χ1n) is 12.3. The molecule has 6 nitrogen and oxygen atoms in total. The third-order valence-corrected chi connectivity index (χ3v) is 6.30. The lowest BCUT2D eigenvalue weighted by Gasteiger charge is -2.48. The van der Waals surface area contributed by atoms with Crippen molar-refractivity contribution in [3.05, 3.63) is 120 Å². The summed E-state index contributed by atoms with van der Waals surface area (Å²) in [6.07, 6.45) is -1.21. The highest BCUT2D eigenvalue weighted by molar-refractivity contribution is 5.17. The van der Waals surface area contributed by atoms with E-state index < -0.39 is 30.9 Å². The first-order valence-corrected chi connectivity index (χ1v) is 12.3. The second-order valence-corrected chi connectivity index (χ2v) is 8.86. The van der Waals surface area contributed by atoms with Crippen molar-refractivity contribution in [2.45, 2.75) is 50.2 Å². The van der Waals surface area contributed by atoms with Crippen LogP contribution in [0.25, 0.3) is 0 Å². The third kappa shape index (κ3) is 6.10. The monoisotopic (exact) mass is 488 g/mol. The largest absolute Gasteiger partial charge is 0.368 e. The van der Waals surface area contributed by atoms with E-state index in [1.165, 1.54) is 0 Å². The Morgan fingerprint density at radius 2 is 1.31 bits per heavy atom. The SMILES string of the molecule is C=CCO[C@H]1O[C@@H]2CO[C@@H](c3ccccc3)O[C@H]2[C@H](OCc2ccccc2)[C@H]1OCc1ccccc1. The van der Waals surface area contributed by atoms with Gasteiger partial charge in [0.2, 0.25) is 0 Å². The van der Waals surface area contributed by atoms with Gasteiger partial charge in [-0.1, -0.05) is 97.1 Å². The minimum atomic E-state index is -0.658. The van der Waals surface area contributed by atoms with E-state index in [1.807, 2.05) is 91.0 Å². The van der Waals surface area contributed by atoms with Crippen LogP contribution in [0.1, 0.15) is 23.0 Å². The summed E-state index contributed by atoms with van der Waals surface area (Å²) in [5.41, 5.74) is 3.07. The highest BCUT2D eigenvalue weighted by atomic mass is 16.8. The summed E-state index contributed by atoms with van der Waals surface area (Å²) in [4.78, 5) is 0. The Kier molecular flexibility index (Phi) is 8.56. The molecule has 3 aromatic carbocycles. The van der Waals surface area contributed by atoms with E-state index in [9.17, 15) is 0 Å². The van der Waals surface area contributed by atoms with Crippen LogP contribution in [0.3, 0.4) is 0 Å². The van der Waals surface area contributed by atoms with Gasteiger partial charge in [0.05, 0.1) is 26.4 Å². The van der Waals surface area contributed by atoms with Crippen LogP contribution in [0.5, 0.6) is 0 Å². The smallest absolute Gasteiger partial charge is 0.187 e. The van der Waals surface area contributed by atoms with Gasteiger partial charge in [0, 0.05) is 5.56 Å². The van der Waals surface area contributed by atoms with Crippen molar-refractivity contribution < 1.29 is 28.4 Å². The van der Waals surface area contributed by atoms with Crippen LogP contribution in [-0.4, -0.2) is 43.9 Å². The Hall–Kier alpha value is -2.84. The van der Waals surface area contributed by atoms with E-state index in [2.05, 4.69) is 6.58 Å². The molecular weight excluding hydrogens is 456 g/mol. The highest BCUT2D eigenvalue weighted by Crippen LogP contribution is 2.37.